The standard InChI is InChI=1S/C19H23NO5/c21-18(20-15-3-4-16-17(10-15)24-6-5-23-16)11-25-19(22)9-14-8-12-1-2-13(14)7-12/h3-4,10,12-14H,1-2,5-9,11H2,(H,20,21)/t12-,13+,14-/m0/s1. The summed E-state index contributed by atoms with van der Waals surface area (Å²) in [6.45, 7) is 0.760. The molecule has 6 heteroatoms. The zero-order valence-corrected chi connectivity index (χ0v) is 14.2. The predicted molar refractivity (Wildman–Crippen MR) is 90.6 cm³/mol. The largest absolute Gasteiger partial charge is 0.486 e. The number of nitrogens with one attached hydrogen (secondary N) is 1. The van der Waals surface area contributed by atoms with Gasteiger partial charge in [0.2, 0.25) is 0 Å². The number of anilines is 1. The van der Waals surface area contributed by atoms with Gasteiger partial charge in [0.15, 0.2) is 18.1 Å². The Morgan fingerprint density at radius 3 is 2.72 bits per heavy atom. The van der Waals surface area contributed by atoms with Gasteiger partial charge in [-0.2, -0.15) is 0 Å². The lowest BCUT2D eigenvalue weighted by Crippen LogP contribution is -2.23. The van der Waals surface area contributed by atoms with E-state index in [4.69, 9.17) is 14.2 Å². The van der Waals surface area contributed by atoms with Crippen LogP contribution in [0.2, 0.25) is 0 Å². The number of amides is 1. The summed E-state index contributed by atoms with van der Waals surface area (Å²) in [7, 11) is 0. The van der Waals surface area contributed by atoms with Gasteiger partial charge in [-0.05, 0) is 49.1 Å². The molecule has 0 spiro atoms. The van der Waals surface area contributed by atoms with Crippen molar-refractivity contribution in [3.63, 3.8) is 0 Å². The van der Waals surface area contributed by atoms with Crippen molar-refractivity contribution >= 4 is 17.6 Å². The van der Waals surface area contributed by atoms with Gasteiger partial charge in [-0.3, -0.25) is 9.59 Å². The van der Waals surface area contributed by atoms with Crippen molar-refractivity contribution in [2.75, 3.05) is 25.1 Å². The Hall–Kier alpha value is -2.24. The van der Waals surface area contributed by atoms with Gasteiger partial charge in [0.1, 0.15) is 13.2 Å². The second-order valence-electron chi connectivity index (χ2n) is 7.21. The van der Waals surface area contributed by atoms with Crippen LogP contribution in [0, 0.1) is 17.8 Å². The second-order valence-corrected chi connectivity index (χ2v) is 7.21. The van der Waals surface area contributed by atoms with Gasteiger partial charge in [0.05, 0.1) is 0 Å². The molecule has 2 bridgehead atoms. The van der Waals surface area contributed by atoms with E-state index in [1.165, 1.54) is 19.3 Å². The van der Waals surface area contributed by atoms with Gasteiger partial charge in [-0.15, -0.1) is 0 Å². The molecule has 2 saturated carbocycles. The molecule has 1 aliphatic heterocycles. The average molecular weight is 345 g/mol. The minimum atomic E-state index is -0.349. The highest BCUT2D eigenvalue weighted by molar-refractivity contribution is 5.93. The molecule has 4 rings (SSSR count). The molecule has 2 fully saturated rings. The zero-order valence-electron chi connectivity index (χ0n) is 14.2. The van der Waals surface area contributed by atoms with E-state index in [1.807, 2.05) is 0 Å². The highest BCUT2D eigenvalue weighted by Gasteiger charge is 2.40. The fourth-order valence-corrected chi connectivity index (χ4v) is 4.36. The minimum Gasteiger partial charge on any atom is -0.486 e. The van der Waals surface area contributed by atoms with Crippen molar-refractivity contribution in [3.8, 4) is 11.5 Å². The summed E-state index contributed by atoms with van der Waals surface area (Å²) in [5.74, 6) is 2.60. The van der Waals surface area contributed by atoms with Gasteiger partial charge in [0, 0.05) is 18.2 Å². The third-order valence-corrected chi connectivity index (χ3v) is 5.50. The Labute approximate surface area is 146 Å². The molecule has 1 aromatic rings. The van der Waals surface area contributed by atoms with E-state index in [0.717, 1.165) is 12.3 Å². The van der Waals surface area contributed by atoms with E-state index in [0.29, 0.717) is 48.7 Å². The SMILES string of the molecule is O=C(COC(=O)C[C@@H]1C[C@H]2CC[C@@H]1C2)Nc1ccc2c(c1)OCCO2. The zero-order chi connectivity index (χ0) is 17.2. The molecule has 134 valence electrons. The molecule has 6 nitrogen and oxygen atoms in total. The van der Waals surface area contributed by atoms with Gasteiger partial charge >= 0.3 is 5.97 Å². The number of hydrogen-bond acceptors (Lipinski definition) is 5. The molecule has 2 aliphatic carbocycles. The van der Waals surface area contributed by atoms with Crippen molar-refractivity contribution in [2.45, 2.75) is 32.1 Å². The van der Waals surface area contributed by atoms with E-state index in [1.54, 1.807) is 18.2 Å². The summed E-state index contributed by atoms with van der Waals surface area (Å²) in [5.41, 5.74) is 0.596. The first kappa shape index (κ1) is 16.2. The van der Waals surface area contributed by atoms with Crippen LogP contribution < -0.4 is 14.8 Å². The molecule has 0 radical (unpaired) electrons. The number of ether oxygens (including phenoxy) is 3. The maximum atomic E-state index is 12.0. The number of rotatable bonds is 5. The van der Waals surface area contributed by atoms with E-state index < -0.39 is 0 Å². The van der Waals surface area contributed by atoms with Crippen molar-refractivity contribution in [3.05, 3.63) is 18.2 Å². The number of carbonyl (C=O) groups excluding carboxylic acids is 2. The predicted octanol–water partition coefficient (Wildman–Crippen LogP) is 2.77. The van der Waals surface area contributed by atoms with Crippen LogP contribution in [0.15, 0.2) is 18.2 Å². The highest BCUT2D eigenvalue weighted by Crippen LogP contribution is 2.49. The molecule has 0 unspecified atom stereocenters. The van der Waals surface area contributed by atoms with Crippen molar-refractivity contribution in [1.82, 2.24) is 0 Å². The Kier molecular flexibility index (Phi) is 4.51. The molecule has 1 heterocycles. The number of carbonyl (C=O) groups is 2. The fourth-order valence-electron chi connectivity index (χ4n) is 4.36. The van der Waals surface area contributed by atoms with Crippen molar-refractivity contribution < 1.29 is 23.8 Å². The summed E-state index contributed by atoms with van der Waals surface area (Å²) >= 11 is 0. The fraction of sp³-hybridized carbons (Fsp3) is 0.579. The van der Waals surface area contributed by atoms with Crippen LogP contribution in [0.4, 0.5) is 5.69 Å². The smallest absolute Gasteiger partial charge is 0.306 e. The maximum Gasteiger partial charge on any atom is 0.306 e. The van der Waals surface area contributed by atoms with Gasteiger partial charge in [-0.25, -0.2) is 0 Å². The third-order valence-electron chi connectivity index (χ3n) is 5.50. The number of hydrogen-bond donors (Lipinski definition) is 1. The minimum absolute atomic E-state index is 0.256. The summed E-state index contributed by atoms with van der Waals surface area (Å²) in [4.78, 5) is 24.0. The molecule has 1 aromatic carbocycles. The normalized spacial score (nSPS) is 26.3. The van der Waals surface area contributed by atoms with Crippen LogP contribution in [-0.4, -0.2) is 31.7 Å². The molecular weight excluding hydrogens is 322 g/mol. The molecule has 0 aromatic heterocycles. The van der Waals surface area contributed by atoms with Crippen molar-refractivity contribution in [2.24, 2.45) is 17.8 Å². The molecule has 25 heavy (non-hydrogen) atoms. The molecule has 3 aliphatic rings. The van der Waals surface area contributed by atoms with Gasteiger partial charge in [-0.1, -0.05) is 6.42 Å². The first-order chi connectivity index (χ1) is 12.2. The highest BCUT2D eigenvalue weighted by atomic mass is 16.6. The number of fused-ring (bicyclic) bond motifs is 3. The molecular formula is C19H23NO5. The van der Waals surface area contributed by atoms with Crippen LogP contribution in [0.25, 0.3) is 0 Å². The lowest BCUT2D eigenvalue weighted by atomic mass is 9.86. The summed E-state index contributed by atoms with van der Waals surface area (Å²) in [5, 5.41) is 2.72. The Bertz CT molecular complexity index is 674. The Balaban J connectivity index is 1.23. The summed E-state index contributed by atoms with van der Waals surface area (Å²) in [6, 6.07) is 5.21. The van der Waals surface area contributed by atoms with Crippen molar-refractivity contribution in [1.29, 1.82) is 0 Å². The molecule has 0 saturated heterocycles. The topological polar surface area (TPSA) is 73.9 Å². The third kappa shape index (κ3) is 3.72. The lowest BCUT2D eigenvalue weighted by molar-refractivity contribution is -0.148. The second kappa shape index (κ2) is 6.94. The van der Waals surface area contributed by atoms with Gasteiger partial charge in [0.25, 0.3) is 5.91 Å². The van der Waals surface area contributed by atoms with E-state index in [-0.39, 0.29) is 18.5 Å². The van der Waals surface area contributed by atoms with Crippen LogP contribution in [0.1, 0.15) is 32.1 Å². The Morgan fingerprint density at radius 2 is 1.96 bits per heavy atom. The molecule has 3 atom stereocenters. The molecule has 1 amide bonds. The first-order valence-corrected chi connectivity index (χ1v) is 9.02. The van der Waals surface area contributed by atoms with E-state index >= 15 is 0 Å². The quantitative estimate of drug-likeness (QED) is 0.831. The van der Waals surface area contributed by atoms with Crippen LogP contribution in [0.3, 0.4) is 0 Å². The van der Waals surface area contributed by atoms with E-state index in [2.05, 4.69) is 5.32 Å². The summed E-state index contributed by atoms with van der Waals surface area (Å²) < 4.78 is 16.1. The molecule has 1 N–H and O–H groups in total. The maximum absolute atomic E-state index is 12.0. The van der Waals surface area contributed by atoms with E-state index in [9.17, 15) is 9.59 Å². The number of esters is 1. The first-order valence-electron chi connectivity index (χ1n) is 9.02. The number of benzene rings is 1. The average Bonchev–Trinajstić information content (AvgIpc) is 3.23. The summed E-state index contributed by atoms with van der Waals surface area (Å²) in [6.07, 6.45) is 5.41. The Morgan fingerprint density at radius 1 is 1.12 bits per heavy atom. The van der Waals surface area contributed by atoms with Crippen LogP contribution in [0.5, 0.6) is 11.5 Å². The van der Waals surface area contributed by atoms with Gasteiger partial charge < -0.3 is 19.5 Å². The monoisotopic (exact) mass is 345 g/mol. The lowest BCUT2D eigenvalue weighted by Gasteiger charge is -2.20. The van der Waals surface area contributed by atoms with Crippen LogP contribution >= 0.6 is 0 Å². The van der Waals surface area contributed by atoms with Crippen LogP contribution in [-0.2, 0) is 14.3 Å².